The minimum absolute atomic E-state index is 0.301. The molecule has 0 aromatic rings. The lowest BCUT2D eigenvalue weighted by Gasteiger charge is -2.38. The van der Waals surface area contributed by atoms with E-state index in [1.807, 2.05) is 6.55 Å². The largest absolute Gasteiger partial charge is 0.499 e. The van der Waals surface area contributed by atoms with E-state index in [4.69, 9.17) is 35.4 Å². The highest BCUT2D eigenvalue weighted by Crippen LogP contribution is 2.28. The van der Waals surface area contributed by atoms with E-state index in [2.05, 4.69) is 19.6 Å². The molecule has 0 amide bonds. The lowest BCUT2D eigenvalue weighted by Crippen LogP contribution is -2.52. The summed E-state index contributed by atoms with van der Waals surface area (Å²) in [6.45, 7) is 10.9. The quantitative estimate of drug-likeness (QED) is 0.181. The van der Waals surface area contributed by atoms with Gasteiger partial charge in [-0.2, -0.15) is 0 Å². The third kappa shape index (κ3) is 10.0. The maximum Gasteiger partial charge on any atom is 0.499 e. The van der Waals surface area contributed by atoms with Gasteiger partial charge in [-0.15, -0.1) is 0 Å². The van der Waals surface area contributed by atoms with Crippen molar-refractivity contribution in [3.8, 4) is 0 Å². The Hall–Kier alpha value is 0.548. The Balaban J connectivity index is 2.61. The van der Waals surface area contributed by atoms with Gasteiger partial charge in [0.2, 0.25) is 0 Å². The molecule has 1 saturated heterocycles. The SMILES string of the molecule is CO[SiH](C)O[Si](C)(CCCOCC1CO1)O[Si](C)(C)CC[Si](OC)(OC)OC. The van der Waals surface area contributed by atoms with Gasteiger partial charge in [-0.1, -0.05) is 0 Å². The zero-order valence-corrected chi connectivity index (χ0v) is 23.0. The Kier molecular flexibility index (Phi) is 11.8. The number of hydrogen-bond acceptors (Lipinski definition) is 8. The van der Waals surface area contributed by atoms with Gasteiger partial charge < -0.3 is 35.4 Å². The van der Waals surface area contributed by atoms with E-state index < -0.39 is 35.0 Å². The molecular formula is C16H40O8Si4. The van der Waals surface area contributed by atoms with Crippen LogP contribution in [-0.4, -0.2) is 89.3 Å². The van der Waals surface area contributed by atoms with Crippen LogP contribution in [0.5, 0.6) is 0 Å². The molecule has 3 unspecified atom stereocenters. The van der Waals surface area contributed by atoms with Crippen molar-refractivity contribution >= 4 is 35.0 Å². The molecule has 1 fully saturated rings. The highest BCUT2D eigenvalue weighted by atomic mass is 28.5. The van der Waals surface area contributed by atoms with E-state index in [1.165, 1.54) is 0 Å². The first-order valence-corrected chi connectivity index (χ1v) is 19.6. The van der Waals surface area contributed by atoms with Crippen molar-refractivity contribution in [3.63, 3.8) is 0 Å². The lowest BCUT2D eigenvalue weighted by atomic mass is 10.5. The first kappa shape index (κ1) is 26.6. The average Bonchev–Trinajstić information content (AvgIpc) is 3.46. The minimum atomic E-state index is -2.60. The first-order valence-electron chi connectivity index (χ1n) is 9.89. The average molecular weight is 473 g/mol. The van der Waals surface area contributed by atoms with E-state index in [0.29, 0.717) is 19.3 Å². The third-order valence-corrected chi connectivity index (χ3v) is 18.7. The summed E-state index contributed by atoms with van der Waals surface area (Å²) in [6, 6.07) is 2.51. The molecule has 3 atom stereocenters. The molecule has 168 valence electrons. The highest BCUT2D eigenvalue weighted by Gasteiger charge is 2.44. The van der Waals surface area contributed by atoms with E-state index in [0.717, 1.165) is 31.2 Å². The summed E-state index contributed by atoms with van der Waals surface area (Å²) in [6.07, 6.45) is 1.22. The molecule has 0 aromatic carbocycles. The summed E-state index contributed by atoms with van der Waals surface area (Å²) in [4.78, 5) is 0. The summed E-state index contributed by atoms with van der Waals surface area (Å²) in [5.74, 6) is 0. The molecule has 1 rings (SSSR count). The summed E-state index contributed by atoms with van der Waals surface area (Å²) >= 11 is 0. The molecule has 0 N–H and O–H groups in total. The molecule has 0 aromatic heterocycles. The Morgan fingerprint density at radius 2 is 1.57 bits per heavy atom. The molecule has 0 spiro atoms. The maximum absolute atomic E-state index is 6.75. The van der Waals surface area contributed by atoms with Gasteiger partial charge in [0.1, 0.15) is 6.10 Å². The van der Waals surface area contributed by atoms with Crippen molar-refractivity contribution in [1.29, 1.82) is 0 Å². The number of rotatable bonds is 17. The summed E-state index contributed by atoms with van der Waals surface area (Å²) in [5, 5.41) is 0. The van der Waals surface area contributed by atoms with Gasteiger partial charge in [-0.25, -0.2) is 0 Å². The summed E-state index contributed by atoms with van der Waals surface area (Å²) in [7, 11) is -2.04. The van der Waals surface area contributed by atoms with Crippen LogP contribution in [0.4, 0.5) is 0 Å². The molecule has 1 aliphatic rings. The fourth-order valence-electron chi connectivity index (χ4n) is 3.05. The number of ether oxygens (including phenoxy) is 2. The predicted molar refractivity (Wildman–Crippen MR) is 118 cm³/mol. The van der Waals surface area contributed by atoms with Gasteiger partial charge in [0.15, 0.2) is 8.32 Å². The van der Waals surface area contributed by atoms with Crippen LogP contribution in [0.1, 0.15) is 6.42 Å². The molecule has 0 radical (unpaired) electrons. The molecule has 8 nitrogen and oxygen atoms in total. The molecule has 0 bridgehead atoms. The van der Waals surface area contributed by atoms with Crippen LogP contribution >= 0.6 is 0 Å². The van der Waals surface area contributed by atoms with Crippen LogP contribution in [-0.2, 0) is 35.4 Å². The molecular weight excluding hydrogens is 433 g/mol. The van der Waals surface area contributed by atoms with Crippen molar-refractivity contribution in [2.45, 2.75) is 56.8 Å². The second kappa shape index (κ2) is 12.4. The molecule has 0 aliphatic carbocycles. The first-order chi connectivity index (χ1) is 13.1. The molecule has 12 heteroatoms. The van der Waals surface area contributed by atoms with Crippen LogP contribution in [0, 0.1) is 0 Å². The lowest BCUT2D eigenvalue weighted by molar-refractivity contribution is 0.115. The van der Waals surface area contributed by atoms with Crippen LogP contribution in [0.15, 0.2) is 0 Å². The topological polar surface area (TPSA) is 77.1 Å². The van der Waals surface area contributed by atoms with Crippen LogP contribution in [0.25, 0.3) is 0 Å². The smallest absolute Gasteiger partial charge is 0.436 e. The second-order valence-corrected chi connectivity index (χ2v) is 21.1. The molecule has 1 heterocycles. The van der Waals surface area contributed by atoms with Crippen LogP contribution in [0.2, 0.25) is 44.3 Å². The Morgan fingerprint density at radius 3 is 2.07 bits per heavy atom. The number of epoxide rings is 1. The van der Waals surface area contributed by atoms with Gasteiger partial charge in [-0.3, -0.25) is 0 Å². The standard InChI is InChI=1S/C16H40O8Si4/c1-17-25(5)23-27(8,11-9-10-21-14-16-15-22-16)24-26(6,7)12-13-28(18-2,19-3)20-4/h16,25H,9-15H2,1-8H3. The van der Waals surface area contributed by atoms with Crippen molar-refractivity contribution in [2.75, 3.05) is 48.3 Å². The Morgan fingerprint density at radius 1 is 0.964 bits per heavy atom. The monoisotopic (exact) mass is 472 g/mol. The van der Waals surface area contributed by atoms with Crippen molar-refractivity contribution in [1.82, 2.24) is 0 Å². The van der Waals surface area contributed by atoms with Crippen LogP contribution < -0.4 is 0 Å². The molecule has 1 aliphatic heterocycles. The van der Waals surface area contributed by atoms with Gasteiger partial charge in [0.25, 0.3) is 0 Å². The molecule has 0 saturated carbocycles. The fraction of sp³-hybridized carbons (Fsp3) is 1.00. The van der Waals surface area contributed by atoms with Crippen molar-refractivity contribution in [3.05, 3.63) is 0 Å². The second-order valence-electron chi connectivity index (χ2n) is 7.85. The Labute approximate surface area is 175 Å². The zero-order chi connectivity index (χ0) is 21.3. The van der Waals surface area contributed by atoms with Crippen molar-refractivity contribution in [2.24, 2.45) is 0 Å². The van der Waals surface area contributed by atoms with Gasteiger partial charge in [-0.05, 0) is 44.7 Å². The molecule has 28 heavy (non-hydrogen) atoms. The normalized spacial score (nSPS) is 20.8. The predicted octanol–water partition coefficient (Wildman–Crippen LogP) is 2.48. The summed E-state index contributed by atoms with van der Waals surface area (Å²) in [5.41, 5.74) is 0. The van der Waals surface area contributed by atoms with Gasteiger partial charge >= 0.3 is 26.6 Å². The van der Waals surface area contributed by atoms with Gasteiger partial charge in [0, 0.05) is 41.1 Å². The number of hydrogen-bond donors (Lipinski definition) is 0. The third-order valence-electron chi connectivity index (χ3n) is 4.83. The maximum atomic E-state index is 6.75. The van der Waals surface area contributed by atoms with E-state index in [9.17, 15) is 0 Å². The highest BCUT2D eigenvalue weighted by molar-refractivity contribution is 6.85. The minimum Gasteiger partial charge on any atom is -0.436 e. The van der Waals surface area contributed by atoms with Crippen molar-refractivity contribution < 1.29 is 35.4 Å². The van der Waals surface area contributed by atoms with E-state index in [-0.39, 0.29) is 0 Å². The van der Waals surface area contributed by atoms with Gasteiger partial charge in [0.05, 0.1) is 13.2 Å². The fourth-order valence-corrected chi connectivity index (χ4v) is 18.4. The Bertz CT molecular complexity index is 429. The van der Waals surface area contributed by atoms with E-state index in [1.54, 1.807) is 28.4 Å². The summed E-state index contributed by atoms with van der Waals surface area (Å²) < 4.78 is 46.2. The van der Waals surface area contributed by atoms with Crippen LogP contribution in [0.3, 0.4) is 0 Å². The zero-order valence-electron chi connectivity index (χ0n) is 18.9. The van der Waals surface area contributed by atoms with E-state index >= 15 is 0 Å².